The van der Waals surface area contributed by atoms with Crippen LogP contribution in [-0.2, 0) is 9.84 Å². The summed E-state index contributed by atoms with van der Waals surface area (Å²) in [6.07, 6.45) is 1.48. The number of amides is 2. The molecule has 0 radical (unpaired) electrons. The number of nitrogens with one attached hydrogen (secondary N) is 1. The van der Waals surface area contributed by atoms with Crippen LogP contribution in [0.15, 0.2) is 59.5 Å². The van der Waals surface area contributed by atoms with Crippen molar-refractivity contribution in [2.75, 3.05) is 17.6 Å². The van der Waals surface area contributed by atoms with Crippen LogP contribution < -0.4 is 5.32 Å². The second kappa shape index (κ2) is 7.45. The number of hydrogen-bond acceptors (Lipinski definition) is 3. The van der Waals surface area contributed by atoms with Gasteiger partial charge in [-0.1, -0.05) is 29.8 Å². The smallest absolute Gasteiger partial charge is 0.321 e. The Morgan fingerprint density at radius 3 is 2.48 bits per heavy atom. The molecular weight excluding hydrogens is 360 g/mol. The molecule has 0 aromatic heterocycles. The van der Waals surface area contributed by atoms with Gasteiger partial charge in [0.05, 0.1) is 10.6 Å². The molecule has 2 aromatic rings. The molecule has 3 rings (SSSR count). The van der Waals surface area contributed by atoms with Gasteiger partial charge in [-0.05, 0) is 49.2 Å². The monoisotopic (exact) mass is 378 g/mol. The fraction of sp³-hybridized carbons (Fsp3) is 0.278. The summed E-state index contributed by atoms with van der Waals surface area (Å²) in [5, 5.41) is 3.39. The molecule has 1 fully saturated rings. The van der Waals surface area contributed by atoms with Crippen molar-refractivity contribution in [1.82, 2.24) is 4.90 Å². The number of likely N-dealkylation sites (tertiary alicyclic amines) is 1. The predicted molar refractivity (Wildman–Crippen MR) is 98.7 cm³/mol. The number of carbonyl (C=O) groups is 1. The molecule has 5 nitrogen and oxygen atoms in total. The number of urea groups is 1. The third-order valence-electron chi connectivity index (χ3n) is 4.25. The van der Waals surface area contributed by atoms with Gasteiger partial charge in [0, 0.05) is 23.3 Å². The summed E-state index contributed by atoms with van der Waals surface area (Å²) < 4.78 is 25.2. The van der Waals surface area contributed by atoms with Crippen LogP contribution in [0.2, 0.25) is 5.02 Å². The Kier molecular flexibility index (Phi) is 5.30. The molecule has 0 saturated carbocycles. The molecule has 0 aliphatic carbocycles. The minimum atomic E-state index is -3.43. The number of nitrogens with zero attached hydrogens (tertiary/aromatic N) is 1. The van der Waals surface area contributed by atoms with Gasteiger partial charge >= 0.3 is 6.03 Å². The molecule has 1 atom stereocenters. The van der Waals surface area contributed by atoms with Crippen LogP contribution in [0.4, 0.5) is 10.5 Å². The van der Waals surface area contributed by atoms with Crippen LogP contribution in [0.25, 0.3) is 0 Å². The Morgan fingerprint density at radius 1 is 1.12 bits per heavy atom. The second-order valence-electron chi connectivity index (χ2n) is 6.02. The summed E-state index contributed by atoms with van der Waals surface area (Å²) in [6.45, 7) is 0.550. The van der Waals surface area contributed by atoms with Gasteiger partial charge in [0.2, 0.25) is 0 Å². The van der Waals surface area contributed by atoms with E-state index in [9.17, 15) is 13.2 Å². The zero-order chi connectivity index (χ0) is 17.9. The van der Waals surface area contributed by atoms with Gasteiger partial charge in [0.15, 0.2) is 9.84 Å². The lowest BCUT2D eigenvalue weighted by atomic mass is 10.2. The van der Waals surface area contributed by atoms with Gasteiger partial charge < -0.3 is 10.2 Å². The molecule has 1 aliphatic heterocycles. The van der Waals surface area contributed by atoms with Gasteiger partial charge in [-0.2, -0.15) is 0 Å². The maximum absolute atomic E-state index is 12.6. The summed E-state index contributed by atoms with van der Waals surface area (Å²) in [4.78, 5) is 14.4. The van der Waals surface area contributed by atoms with E-state index in [1.54, 1.807) is 59.5 Å². The lowest BCUT2D eigenvalue weighted by Crippen LogP contribution is -2.42. The van der Waals surface area contributed by atoms with Crippen LogP contribution >= 0.6 is 11.6 Å². The molecule has 0 bridgehead atoms. The average molecular weight is 379 g/mol. The number of rotatable bonds is 4. The minimum absolute atomic E-state index is 0.0644. The van der Waals surface area contributed by atoms with Crippen LogP contribution in [0.3, 0.4) is 0 Å². The van der Waals surface area contributed by atoms with Gasteiger partial charge in [0.1, 0.15) is 0 Å². The fourth-order valence-corrected chi connectivity index (χ4v) is 4.73. The first-order valence-electron chi connectivity index (χ1n) is 8.07. The predicted octanol–water partition coefficient (Wildman–Crippen LogP) is 3.81. The highest BCUT2D eigenvalue weighted by atomic mass is 35.5. The highest BCUT2D eigenvalue weighted by Crippen LogP contribution is 2.23. The quantitative estimate of drug-likeness (QED) is 0.879. The highest BCUT2D eigenvalue weighted by molar-refractivity contribution is 7.91. The zero-order valence-electron chi connectivity index (χ0n) is 13.6. The third-order valence-corrected chi connectivity index (χ3v) is 6.31. The third kappa shape index (κ3) is 4.32. The van der Waals surface area contributed by atoms with Crippen LogP contribution in [0.5, 0.6) is 0 Å². The van der Waals surface area contributed by atoms with E-state index in [4.69, 9.17) is 11.6 Å². The summed E-state index contributed by atoms with van der Waals surface area (Å²) in [5.41, 5.74) is 0.631. The first kappa shape index (κ1) is 17.8. The van der Waals surface area contributed by atoms with Gasteiger partial charge in [-0.15, -0.1) is 0 Å². The Bertz CT molecular complexity index is 838. The van der Waals surface area contributed by atoms with Crippen LogP contribution in [0, 0.1) is 0 Å². The summed E-state index contributed by atoms with van der Waals surface area (Å²) >= 11 is 5.84. The Morgan fingerprint density at radius 2 is 1.80 bits per heavy atom. The average Bonchev–Trinajstić information content (AvgIpc) is 3.05. The molecule has 2 amide bonds. The molecule has 25 heavy (non-hydrogen) atoms. The van der Waals surface area contributed by atoms with Gasteiger partial charge in [-0.3, -0.25) is 0 Å². The van der Waals surface area contributed by atoms with E-state index in [1.807, 2.05) is 0 Å². The van der Waals surface area contributed by atoms with Crippen molar-refractivity contribution >= 4 is 33.2 Å². The standard InChI is InChI=1S/C18H19ClN2O3S/c19-14-8-10-15(11-9-14)20-18(22)21-12-4-5-16(21)13-25(23,24)17-6-2-1-3-7-17/h1-3,6-11,16H,4-5,12-13H2,(H,20,22). The lowest BCUT2D eigenvalue weighted by Gasteiger charge is -2.25. The van der Waals surface area contributed by atoms with E-state index in [0.717, 1.165) is 6.42 Å². The van der Waals surface area contributed by atoms with Gasteiger partial charge in [0.25, 0.3) is 0 Å². The molecule has 1 aliphatic rings. The Labute approximate surface area is 152 Å². The molecule has 0 spiro atoms. The summed E-state index contributed by atoms with van der Waals surface area (Å²) in [6, 6.07) is 14.6. The Hall–Kier alpha value is -2.05. The molecular formula is C18H19ClN2O3S. The molecule has 1 N–H and O–H groups in total. The lowest BCUT2D eigenvalue weighted by molar-refractivity contribution is 0.210. The molecule has 7 heteroatoms. The topological polar surface area (TPSA) is 66.5 Å². The first-order valence-corrected chi connectivity index (χ1v) is 10.1. The zero-order valence-corrected chi connectivity index (χ0v) is 15.1. The van der Waals surface area contributed by atoms with E-state index < -0.39 is 9.84 Å². The minimum Gasteiger partial charge on any atom is -0.321 e. The van der Waals surface area contributed by atoms with Crippen molar-refractivity contribution in [3.63, 3.8) is 0 Å². The van der Waals surface area contributed by atoms with Crippen molar-refractivity contribution in [1.29, 1.82) is 0 Å². The fourth-order valence-electron chi connectivity index (χ4n) is 2.98. The van der Waals surface area contributed by atoms with Gasteiger partial charge in [-0.25, -0.2) is 13.2 Å². The maximum atomic E-state index is 12.6. The number of halogens is 1. The summed E-state index contributed by atoms with van der Waals surface area (Å²) in [5.74, 6) is -0.0644. The van der Waals surface area contributed by atoms with Crippen LogP contribution in [0.1, 0.15) is 12.8 Å². The van der Waals surface area contributed by atoms with Crippen molar-refractivity contribution in [2.24, 2.45) is 0 Å². The van der Waals surface area contributed by atoms with Crippen molar-refractivity contribution in [2.45, 2.75) is 23.8 Å². The SMILES string of the molecule is O=C(Nc1ccc(Cl)cc1)N1CCCC1CS(=O)(=O)c1ccccc1. The second-order valence-corrected chi connectivity index (χ2v) is 8.49. The molecule has 1 saturated heterocycles. The van der Waals surface area contributed by atoms with Crippen LogP contribution in [-0.4, -0.2) is 37.7 Å². The van der Waals surface area contributed by atoms with E-state index >= 15 is 0 Å². The first-order chi connectivity index (χ1) is 12.0. The molecule has 1 unspecified atom stereocenters. The maximum Gasteiger partial charge on any atom is 0.322 e. The Balaban J connectivity index is 1.70. The van der Waals surface area contributed by atoms with E-state index in [-0.39, 0.29) is 17.8 Å². The summed E-state index contributed by atoms with van der Waals surface area (Å²) in [7, 11) is -3.43. The number of sulfone groups is 1. The molecule has 1 heterocycles. The van der Waals surface area contributed by atoms with Crippen molar-refractivity contribution in [3.05, 3.63) is 59.6 Å². The normalized spacial score (nSPS) is 17.5. The number of carbonyl (C=O) groups excluding carboxylic acids is 1. The van der Waals surface area contributed by atoms with Crippen molar-refractivity contribution in [3.8, 4) is 0 Å². The number of benzene rings is 2. The van der Waals surface area contributed by atoms with Crippen molar-refractivity contribution < 1.29 is 13.2 Å². The van der Waals surface area contributed by atoms with E-state index in [0.29, 0.717) is 28.6 Å². The number of anilines is 1. The van der Waals surface area contributed by atoms with E-state index in [1.165, 1.54) is 0 Å². The highest BCUT2D eigenvalue weighted by Gasteiger charge is 2.33. The molecule has 132 valence electrons. The number of hydrogen-bond donors (Lipinski definition) is 1. The molecule has 2 aromatic carbocycles. The van der Waals surface area contributed by atoms with E-state index in [2.05, 4.69) is 5.32 Å². The largest absolute Gasteiger partial charge is 0.322 e.